The second kappa shape index (κ2) is 5.45. The van der Waals surface area contributed by atoms with Crippen molar-refractivity contribution in [3.8, 4) is 0 Å². The van der Waals surface area contributed by atoms with E-state index in [9.17, 15) is 5.11 Å². The Bertz CT molecular complexity index is 287. The van der Waals surface area contributed by atoms with E-state index in [1.54, 1.807) is 0 Å². The fourth-order valence-corrected chi connectivity index (χ4v) is 3.76. The summed E-state index contributed by atoms with van der Waals surface area (Å²) >= 11 is 0. The van der Waals surface area contributed by atoms with E-state index >= 15 is 0 Å². The summed E-state index contributed by atoms with van der Waals surface area (Å²) in [5.74, 6) is 0.314. The Morgan fingerprint density at radius 3 is 3.00 bits per heavy atom. The van der Waals surface area contributed by atoms with Gasteiger partial charge in [-0.05, 0) is 32.7 Å². The number of hydrogen-bond donors (Lipinski definition) is 1. The van der Waals surface area contributed by atoms with Gasteiger partial charge in [0.05, 0.1) is 12.7 Å². The molecule has 104 valence electrons. The molecule has 0 radical (unpaired) electrons. The summed E-state index contributed by atoms with van der Waals surface area (Å²) in [6.45, 7) is 8.47. The fourth-order valence-electron chi connectivity index (χ4n) is 3.76. The Morgan fingerprint density at radius 1 is 1.28 bits per heavy atom. The molecule has 4 nitrogen and oxygen atoms in total. The molecule has 3 fully saturated rings. The van der Waals surface area contributed by atoms with Crippen molar-refractivity contribution in [2.24, 2.45) is 5.92 Å². The number of hydrogen-bond acceptors (Lipinski definition) is 4. The zero-order chi connectivity index (χ0) is 12.5. The predicted molar refractivity (Wildman–Crippen MR) is 70.6 cm³/mol. The van der Waals surface area contributed by atoms with Crippen molar-refractivity contribution in [2.75, 3.05) is 39.4 Å². The summed E-state index contributed by atoms with van der Waals surface area (Å²) < 4.78 is 5.52. The van der Waals surface area contributed by atoms with E-state index in [0.29, 0.717) is 12.0 Å². The zero-order valence-corrected chi connectivity index (χ0v) is 11.4. The van der Waals surface area contributed by atoms with Crippen LogP contribution in [0.4, 0.5) is 0 Å². The van der Waals surface area contributed by atoms with Crippen molar-refractivity contribution in [1.82, 2.24) is 9.80 Å². The summed E-state index contributed by atoms with van der Waals surface area (Å²) in [5.41, 5.74) is 0. The first-order chi connectivity index (χ1) is 8.74. The van der Waals surface area contributed by atoms with E-state index in [4.69, 9.17) is 4.74 Å². The minimum atomic E-state index is -0.160. The number of ether oxygens (including phenoxy) is 1. The molecule has 18 heavy (non-hydrogen) atoms. The van der Waals surface area contributed by atoms with Crippen LogP contribution in [0.3, 0.4) is 0 Å². The maximum absolute atomic E-state index is 10.1. The molecule has 4 atom stereocenters. The minimum Gasteiger partial charge on any atom is -0.393 e. The maximum Gasteiger partial charge on any atom is 0.0624 e. The summed E-state index contributed by atoms with van der Waals surface area (Å²) in [7, 11) is 0. The quantitative estimate of drug-likeness (QED) is 0.781. The standard InChI is InChI=1S/C14H26N2O2/c1-11-7-15-5-2-3-13(15)9-16(11)8-12-10-18-6-4-14(12)17/h11-14,17H,2-10H2,1H3. The van der Waals surface area contributed by atoms with Gasteiger partial charge >= 0.3 is 0 Å². The summed E-state index contributed by atoms with van der Waals surface area (Å²) in [6, 6.07) is 1.39. The third kappa shape index (κ3) is 2.57. The molecule has 3 aliphatic heterocycles. The zero-order valence-electron chi connectivity index (χ0n) is 11.4. The molecule has 0 aliphatic carbocycles. The van der Waals surface area contributed by atoms with Crippen LogP contribution in [0.15, 0.2) is 0 Å². The molecular weight excluding hydrogens is 228 g/mol. The molecule has 0 saturated carbocycles. The van der Waals surface area contributed by atoms with E-state index in [1.165, 1.54) is 32.5 Å². The van der Waals surface area contributed by atoms with Gasteiger partial charge in [0.15, 0.2) is 0 Å². The molecule has 3 rings (SSSR count). The Labute approximate surface area is 110 Å². The number of nitrogens with zero attached hydrogens (tertiary/aromatic N) is 2. The highest BCUT2D eigenvalue weighted by atomic mass is 16.5. The number of aliphatic hydroxyl groups is 1. The number of fused-ring (bicyclic) bond motifs is 1. The summed E-state index contributed by atoms with van der Waals surface area (Å²) in [4.78, 5) is 5.23. The molecule has 0 aromatic carbocycles. The lowest BCUT2D eigenvalue weighted by molar-refractivity contribution is -0.0590. The van der Waals surface area contributed by atoms with Crippen LogP contribution in [0.1, 0.15) is 26.2 Å². The monoisotopic (exact) mass is 254 g/mol. The lowest BCUT2D eigenvalue weighted by Gasteiger charge is -2.44. The number of rotatable bonds is 2. The highest BCUT2D eigenvalue weighted by molar-refractivity contribution is 4.92. The van der Waals surface area contributed by atoms with Crippen LogP contribution in [0.2, 0.25) is 0 Å². The minimum absolute atomic E-state index is 0.160. The van der Waals surface area contributed by atoms with Crippen LogP contribution >= 0.6 is 0 Å². The van der Waals surface area contributed by atoms with Crippen LogP contribution in [-0.4, -0.2) is 72.5 Å². The molecule has 3 saturated heterocycles. The van der Waals surface area contributed by atoms with Gasteiger partial charge in [0, 0.05) is 44.2 Å². The van der Waals surface area contributed by atoms with E-state index in [1.807, 2.05) is 0 Å². The van der Waals surface area contributed by atoms with Gasteiger partial charge in [-0.1, -0.05) is 0 Å². The van der Waals surface area contributed by atoms with Crippen molar-refractivity contribution in [3.05, 3.63) is 0 Å². The predicted octanol–water partition coefficient (Wildman–Crippen LogP) is 0.552. The first-order valence-corrected chi connectivity index (χ1v) is 7.48. The Morgan fingerprint density at radius 2 is 2.17 bits per heavy atom. The molecule has 0 spiro atoms. The molecule has 1 N–H and O–H groups in total. The van der Waals surface area contributed by atoms with Crippen LogP contribution in [-0.2, 0) is 4.74 Å². The third-order valence-corrected chi connectivity index (χ3v) is 4.97. The highest BCUT2D eigenvalue weighted by Gasteiger charge is 2.36. The topological polar surface area (TPSA) is 35.9 Å². The van der Waals surface area contributed by atoms with Gasteiger partial charge in [0.1, 0.15) is 0 Å². The van der Waals surface area contributed by atoms with Gasteiger partial charge in [-0.3, -0.25) is 9.80 Å². The number of aliphatic hydroxyl groups excluding tert-OH is 1. The molecule has 0 aromatic rings. The van der Waals surface area contributed by atoms with Gasteiger partial charge in [-0.15, -0.1) is 0 Å². The first kappa shape index (κ1) is 12.9. The van der Waals surface area contributed by atoms with Gasteiger partial charge < -0.3 is 9.84 Å². The SMILES string of the molecule is CC1CN2CCCC2CN1CC1COCCC1O. The normalized spacial score (nSPS) is 43.0. The first-order valence-electron chi connectivity index (χ1n) is 7.48. The molecule has 0 aromatic heterocycles. The molecule has 3 aliphatic rings. The lowest BCUT2D eigenvalue weighted by Crippen LogP contribution is -2.57. The van der Waals surface area contributed by atoms with Crippen LogP contribution in [0.25, 0.3) is 0 Å². The smallest absolute Gasteiger partial charge is 0.0624 e. The molecular formula is C14H26N2O2. The molecule has 4 unspecified atom stereocenters. The van der Waals surface area contributed by atoms with Crippen molar-refractivity contribution < 1.29 is 9.84 Å². The third-order valence-electron chi connectivity index (χ3n) is 4.97. The average Bonchev–Trinajstić information content (AvgIpc) is 2.79. The van der Waals surface area contributed by atoms with Gasteiger partial charge in [-0.25, -0.2) is 0 Å². The van der Waals surface area contributed by atoms with Crippen LogP contribution in [0.5, 0.6) is 0 Å². The second-order valence-electron chi connectivity index (χ2n) is 6.28. The van der Waals surface area contributed by atoms with E-state index in [-0.39, 0.29) is 6.10 Å². The molecule has 0 amide bonds. The van der Waals surface area contributed by atoms with Crippen LogP contribution in [0, 0.1) is 5.92 Å². The average molecular weight is 254 g/mol. The highest BCUT2D eigenvalue weighted by Crippen LogP contribution is 2.26. The molecule has 3 heterocycles. The Kier molecular flexibility index (Phi) is 3.89. The summed E-state index contributed by atoms with van der Waals surface area (Å²) in [5, 5.41) is 10.1. The Balaban J connectivity index is 1.58. The van der Waals surface area contributed by atoms with Gasteiger partial charge in [0.25, 0.3) is 0 Å². The largest absolute Gasteiger partial charge is 0.393 e. The maximum atomic E-state index is 10.1. The molecule has 0 bridgehead atoms. The van der Waals surface area contributed by atoms with Crippen molar-refractivity contribution in [1.29, 1.82) is 0 Å². The van der Waals surface area contributed by atoms with Gasteiger partial charge in [0.2, 0.25) is 0 Å². The summed E-state index contributed by atoms with van der Waals surface area (Å²) in [6.07, 6.45) is 3.36. The van der Waals surface area contributed by atoms with Crippen molar-refractivity contribution in [3.63, 3.8) is 0 Å². The number of piperazine rings is 1. The second-order valence-corrected chi connectivity index (χ2v) is 6.28. The van der Waals surface area contributed by atoms with Crippen molar-refractivity contribution >= 4 is 0 Å². The fraction of sp³-hybridized carbons (Fsp3) is 1.00. The Hall–Kier alpha value is -0.160. The lowest BCUT2D eigenvalue weighted by atomic mass is 9.96. The van der Waals surface area contributed by atoms with Crippen molar-refractivity contribution in [2.45, 2.75) is 44.4 Å². The van der Waals surface area contributed by atoms with Crippen LogP contribution < -0.4 is 0 Å². The van der Waals surface area contributed by atoms with E-state index in [0.717, 1.165) is 32.2 Å². The molecule has 4 heteroatoms. The van der Waals surface area contributed by atoms with Gasteiger partial charge in [-0.2, -0.15) is 0 Å². The van der Waals surface area contributed by atoms with E-state index in [2.05, 4.69) is 16.7 Å². The van der Waals surface area contributed by atoms with E-state index < -0.39 is 0 Å².